The predicted molar refractivity (Wildman–Crippen MR) is 135 cm³/mol. The average molecular weight is 494 g/mol. The summed E-state index contributed by atoms with van der Waals surface area (Å²) in [6.45, 7) is 0. The standard InChI is InChI=1S/C30H22O7/c1-34-22-13-14-23-24(31)18-26(35-27(23)17-22)21-12-15-25(36-29(32)19-8-4-2-5-9-19)28(16-21)37-30(33)20-10-6-3-7-11-20/h2-17,26H,18H2,1H3. The lowest BCUT2D eigenvalue weighted by atomic mass is 9.96. The molecule has 4 aromatic rings. The molecule has 37 heavy (non-hydrogen) atoms. The van der Waals surface area contributed by atoms with E-state index in [0.29, 0.717) is 33.8 Å². The highest BCUT2D eigenvalue weighted by atomic mass is 16.6. The van der Waals surface area contributed by atoms with Gasteiger partial charge in [0.1, 0.15) is 17.6 Å². The molecule has 5 rings (SSSR count). The number of methoxy groups -OCH3 is 1. The minimum absolute atomic E-state index is 0.0307. The van der Waals surface area contributed by atoms with Gasteiger partial charge in [-0.05, 0) is 54.1 Å². The van der Waals surface area contributed by atoms with Crippen LogP contribution < -0.4 is 18.9 Å². The Labute approximate surface area is 213 Å². The van der Waals surface area contributed by atoms with Crippen LogP contribution >= 0.6 is 0 Å². The number of Topliss-reactive ketones (excluding diaryl/α,β-unsaturated/α-hetero) is 1. The maximum absolute atomic E-state index is 12.8. The molecule has 0 amide bonds. The first kappa shape index (κ1) is 23.8. The van der Waals surface area contributed by atoms with Crippen LogP contribution in [0.25, 0.3) is 0 Å². The van der Waals surface area contributed by atoms with Crippen molar-refractivity contribution < 1.29 is 33.3 Å². The zero-order chi connectivity index (χ0) is 25.8. The van der Waals surface area contributed by atoms with Gasteiger partial charge in [0.2, 0.25) is 0 Å². The van der Waals surface area contributed by atoms with Crippen LogP contribution in [0.3, 0.4) is 0 Å². The van der Waals surface area contributed by atoms with Gasteiger partial charge < -0.3 is 18.9 Å². The summed E-state index contributed by atoms with van der Waals surface area (Å²) in [6, 6.07) is 26.7. The third-order valence-electron chi connectivity index (χ3n) is 5.89. The van der Waals surface area contributed by atoms with Crippen LogP contribution in [-0.2, 0) is 0 Å². The van der Waals surface area contributed by atoms with Crippen molar-refractivity contribution >= 4 is 17.7 Å². The molecule has 7 heteroatoms. The molecule has 1 atom stereocenters. The summed E-state index contributed by atoms with van der Waals surface area (Å²) in [7, 11) is 1.53. The van der Waals surface area contributed by atoms with E-state index in [1.807, 2.05) is 0 Å². The van der Waals surface area contributed by atoms with Gasteiger partial charge in [-0.25, -0.2) is 9.59 Å². The van der Waals surface area contributed by atoms with E-state index >= 15 is 0 Å². The van der Waals surface area contributed by atoms with E-state index in [4.69, 9.17) is 18.9 Å². The molecule has 1 aliphatic heterocycles. The van der Waals surface area contributed by atoms with Crippen LogP contribution in [0, 0.1) is 0 Å². The van der Waals surface area contributed by atoms with Crippen molar-refractivity contribution in [2.75, 3.05) is 7.11 Å². The van der Waals surface area contributed by atoms with Crippen LogP contribution in [0.1, 0.15) is 49.2 Å². The summed E-state index contributed by atoms with van der Waals surface area (Å²) < 4.78 is 22.6. The minimum Gasteiger partial charge on any atom is -0.497 e. The van der Waals surface area contributed by atoms with Gasteiger partial charge in [0, 0.05) is 6.07 Å². The second kappa shape index (κ2) is 10.4. The number of hydrogen-bond donors (Lipinski definition) is 0. The molecule has 184 valence electrons. The van der Waals surface area contributed by atoms with Crippen LogP contribution in [0.15, 0.2) is 97.1 Å². The van der Waals surface area contributed by atoms with Gasteiger partial charge in [-0.1, -0.05) is 42.5 Å². The number of fused-ring (bicyclic) bond motifs is 1. The van der Waals surface area contributed by atoms with Crippen LogP contribution in [0.5, 0.6) is 23.0 Å². The Morgan fingerprint density at radius 2 is 1.38 bits per heavy atom. The fourth-order valence-corrected chi connectivity index (χ4v) is 3.97. The number of carbonyl (C=O) groups excluding carboxylic acids is 3. The van der Waals surface area contributed by atoms with Crippen molar-refractivity contribution in [3.63, 3.8) is 0 Å². The minimum atomic E-state index is -0.639. The Morgan fingerprint density at radius 1 is 0.757 bits per heavy atom. The third-order valence-corrected chi connectivity index (χ3v) is 5.89. The molecule has 4 aromatic carbocycles. The SMILES string of the molecule is COc1ccc2c(c1)OC(c1ccc(OC(=O)c3ccccc3)c(OC(=O)c3ccccc3)c1)CC2=O. The lowest BCUT2D eigenvalue weighted by Crippen LogP contribution is -2.20. The molecule has 1 aliphatic rings. The van der Waals surface area contributed by atoms with Crippen molar-refractivity contribution in [1.82, 2.24) is 0 Å². The average Bonchev–Trinajstić information content (AvgIpc) is 2.94. The molecule has 1 heterocycles. The number of ketones is 1. The zero-order valence-electron chi connectivity index (χ0n) is 19.9. The molecule has 0 spiro atoms. The summed E-state index contributed by atoms with van der Waals surface area (Å²) in [4.78, 5) is 38.3. The normalized spacial score (nSPS) is 14.2. The van der Waals surface area contributed by atoms with Crippen LogP contribution in [-0.4, -0.2) is 24.8 Å². The molecule has 1 unspecified atom stereocenters. The van der Waals surface area contributed by atoms with E-state index in [9.17, 15) is 14.4 Å². The van der Waals surface area contributed by atoms with Gasteiger partial charge in [-0.15, -0.1) is 0 Å². The van der Waals surface area contributed by atoms with E-state index < -0.39 is 18.0 Å². The molecule has 0 N–H and O–H groups in total. The highest BCUT2D eigenvalue weighted by Gasteiger charge is 2.29. The number of esters is 2. The van der Waals surface area contributed by atoms with Crippen molar-refractivity contribution in [2.45, 2.75) is 12.5 Å². The number of carbonyl (C=O) groups is 3. The van der Waals surface area contributed by atoms with Gasteiger partial charge in [0.05, 0.1) is 30.2 Å². The topological polar surface area (TPSA) is 88.1 Å². The highest BCUT2D eigenvalue weighted by molar-refractivity contribution is 6.00. The summed E-state index contributed by atoms with van der Waals surface area (Å²) >= 11 is 0. The van der Waals surface area contributed by atoms with Crippen LogP contribution in [0.2, 0.25) is 0 Å². The first-order valence-corrected chi connectivity index (χ1v) is 11.6. The molecule has 0 aromatic heterocycles. The maximum Gasteiger partial charge on any atom is 0.343 e. The molecule has 0 saturated heterocycles. The van der Waals surface area contributed by atoms with Crippen molar-refractivity contribution in [2.24, 2.45) is 0 Å². The molecular formula is C30H22O7. The summed E-state index contributed by atoms with van der Waals surface area (Å²) in [5.41, 5.74) is 1.73. The fourth-order valence-electron chi connectivity index (χ4n) is 3.97. The Balaban J connectivity index is 1.47. The smallest absolute Gasteiger partial charge is 0.343 e. The zero-order valence-corrected chi connectivity index (χ0v) is 19.9. The lowest BCUT2D eigenvalue weighted by molar-refractivity contribution is 0.0681. The second-order valence-electron chi connectivity index (χ2n) is 8.31. The Morgan fingerprint density at radius 3 is 2.00 bits per heavy atom. The van der Waals surface area contributed by atoms with Gasteiger partial charge in [-0.2, -0.15) is 0 Å². The number of rotatable bonds is 6. The van der Waals surface area contributed by atoms with Crippen molar-refractivity contribution in [3.8, 4) is 23.0 Å². The third kappa shape index (κ3) is 5.21. The van der Waals surface area contributed by atoms with Crippen LogP contribution in [0.4, 0.5) is 0 Å². The van der Waals surface area contributed by atoms with Crippen molar-refractivity contribution in [3.05, 3.63) is 119 Å². The number of hydrogen-bond acceptors (Lipinski definition) is 7. The number of benzene rings is 4. The largest absolute Gasteiger partial charge is 0.497 e. The van der Waals surface area contributed by atoms with E-state index in [-0.39, 0.29) is 23.7 Å². The molecular weight excluding hydrogens is 472 g/mol. The fraction of sp³-hybridized carbons (Fsp3) is 0.100. The van der Waals surface area contributed by atoms with Gasteiger partial charge in [0.15, 0.2) is 17.3 Å². The highest BCUT2D eigenvalue weighted by Crippen LogP contribution is 2.39. The predicted octanol–water partition coefficient (Wildman–Crippen LogP) is 5.84. The van der Waals surface area contributed by atoms with E-state index in [1.54, 1.807) is 91.0 Å². The Kier molecular flexibility index (Phi) is 6.68. The molecule has 0 bridgehead atoms. The first-order chi connectivity index (χ1) is 18.0. The van der Waals surface area contributed by atoms with Gasteiger partial charge in [-0.3, -0.25) is 4.79 Å². The molecule has 0 fully saturated rings. The number of ether oxygens (including phenoxy) is 4. The Hall–Kier alpha value is -4.91. The first-order valence-electron chi connectivity index (χ1n) is 11.6. The summed E-state index contributed by atoms with van der Waals surface area (Å²) in [6.07, 6.45) is -0.547. The molecule has 7 nitrogen and oxygen atoms in total. The Bertz CT molecular complexity index is 1460. The van der Waals surface area contributed by atoms with E-state index in [0.717, 1.165) is 0 Å². The van der Waals surface area contributed by atoms with E-state index in [2.05, 4.69) is 0 Å². The quantitative estimate of drug-likeness (QED) is 0.246. The maximum atomic E-state index is 12.8. The molecule has 0 saturated carbocycles. The summed E-state index contributed by atoms with van der Waals surface area (Å²) in [5, 5.41) is 0. The molecule has 0 aliphatic carbocycles. The van der Waals surface area contributed by atoms with Crippen molar-refractivity contribution in [1.29, 1.82) is 0 Å². The lowest BCUT2D eigenvalue weighted by Gasteiger charge is -2.26. The van der Waals surface area contributed by atoms with E-state index in [1.165, 1.54) is 13.2 Å². The molecule has 0 radical (unpaired) electrons. The monoisotopic (exact) mass is 494 g/mol. The van der Waals surface area contributed by atoms with Gasteiger partial charge in [0.25, 0.3) is 0 Å². The summed E-state index contributed by atoms with van der Waals surface area (Å²) in [5.74, 6) is -0.248. The van der Waals surface area contributed by atoms with Gasteiger partial charge >= 0.3 is 11.9 Å². The second-order valence-corrected chi connectivity index (χ2v) is 8.31.